The number of aliphatic carboxylic acids is 1. The number of hydrogen-bond acceptors (Lipinski definition) is 4. The maximum absolute atomic E-state index is 12.0. The van der Waals surface area contributed by atoms with Crippen LogP contribution in [0.1, 0.15) is 23.0 Å². The van der Waals surface area contributed by atoms with E-state index >= 15 is 0 Å². The molecule has 2 rings (SSSR count). The van der Waals surface area contributed by atoms with E-state index in [2.05, 4.69) is 10.3 Å². The van der Waals surface area contributed by atoms with Crippen molar-refractivity contribution in [3.63, 3.8) is 0 Å². The Morgan fingerprint density at radius 2 is 2.05 bits per heavy atom. The molecular weight excluding hydrogens is 276 g/mol. The van der Waals surface area contributed by atoms with Gasteiger partial charge in [0.05, 0.1) is 5.51 Å². The van der Waals surface area contributed by atoms with Crippen LogP contribution in [0, 0.1) is 0 Å². The summed E-state index contributed by atoms with van der Waals surface area (Å²) < 4.78 is 0. The van der Waals surface area contributed by atoms with Crippen molar-refractivity contribution in [2.75, 3.05) is 0 Å². The van der Waals surface area contributed by atoms with E-state index in [1.165, 1.54) is 23.8 Å². The van der Waals surface area contributed by atoms with Crippen LogP contribution in [0.4, 0.5) is 0 Å². The van der Waals surface area contributed by atoms with Gasteiger partial charge in [-0.25, -0.2) is 9.78 Å². The molecule has 1 aromatic carbocycles. The first kappa shape index (κ1) is 14.2. The molecule has 1 aromatic heterocycles. The van der Waals surface area contributed by atoms with E-state index < -0.39 is 17.4 Å². The molecule has 0 aliphatic rings. The molecule has 20 heavy (non-hydrogen) atoms. The van der Waals surface area contributed by atoms with Gasteiger partial charge in [0, 0.05) is 11.8 Å². The molecule has 6 heteroatoms. The van der Waals surface area contributed by atoms with Gasteiger partial charge in [-0.3, -0.25) is 4.79 Å². The van der Waals surface area contributed by atoms with E-state index in [1.54, 1.807) is 5.38 Å². The van der Waals surface area contributed by atoms with Crippen molar-refractivity contribution in [2.45, 2.75) is 18.9 Å². The number of nitrogens with one attached hydrogen (secondary N) is 1. The zero-order valence-electron chi connectivity index (χ0n) is 10.9. The minimum absolute atomic E-state index is 0.207. The maximum atomic E-state index is 12.0. The first-order chi connectivity index (χ1) is 9.51. The number of nitrogens with zero attached hydrogens (tertiary/aromatic N) is 1. The van der Waals surface area contributed by atoms with Crippen molar-refractivity contribution < 1.29 is 14.7 Å². The highest BCUT2D eigenvalue weighted by atomic mass is 32.1. The van der Waals surface area contributed by atoms with E-state index in [-0.39, 0.29) is 12.1 Å². The van der Waals surface area contributed by atoms with Gasteiger partial charge in [-0.2, -0.15) is 0 Å². The van der Waals surface area contributed by atoms with Crippen LogP contribution in [0.15, 0.2) is 41.2 Å². The molecule has 2 N–H and O–H groups in total. The van der Waals surface area contributed by atoms with Crippen molar-refractivity contribution in [1.29, 1.82) is 0 Å². The van der Waals surface area contributed by atoms with E-state index in [1.807, 2.05) is 30.3 Å². The molecule has 104 valence electrons. The van der Waals surface area contributed by atoms with Crippen molar-refractivity contribution in [3.05, 3.63) is 52.5 Å². The SMILES string of the molecule is C[C@@](Cc1ccccc1)(NC(=O)c1cscn1)C(=O)O. The van der Waals surface area contributed by atoms with E-state index in [0.29, 0.717) is 0 Å². The lowest BCUT2D eigenvalue weighted by Gasteiger charge is -2.26. The Morgan fingerprint density at radius 1 is 1.35 bits per heavy atom. The van der Waals surface area contributed by atoms with Crippen molar-refractivity contribution >= 4 is 23.2 Å². The summed E-state index contributed by atoms with van der Waals surface area (Å²) in [5, 5.41) is 13.5. The summed E-state index contributed by atoms with van der Waals surface area (Å²) in [6.45, 7) is 1.49. The summed E-state index contributed by atoms with van der Waals surface area (Å²) in [7, 11) is 0. The third-order valence-corrected chi connectivity index (χ3v) is 3.51. The molecule has 0 unspecified atom stereocenters. The van der Waals surface area contributed by atoms with Gasteiger partial charge in [-0.1, -0.05) is 30.3 Å². The molecule has 0 aliphatic heterocycles. The zero-order chi connectivity index (χ0) is 14.6. The molecule has 0 radical (unpaired) electrons. The van der Waals surface area contributed by atoms with Gasteiger partial charge in [-0.05, 0) is 12.5 Å². The highest BCUT2D eigenvalue weighted by Crippen LogP contribution is 2.15. The second kappa shape index (κ2) is 5.83. The molecular formula is C14H14N2O3S. The lowest BCUT2D eigenvalue weighted by atomic mass is 9.92. The molecule has 5 nitrogen and oxygen atoms in total. The standard InChI is InChI=1S/C14H14N2O3S/c1-14(13(18)19,7-10-5-3-2-4-6-10)16-12(17)11-8-20-9-15-11/h2-6,8-9H,7H2,1H3,(H,16,17)(H,18,19)/t14-/m0/s1. The number of carbonyl (C=O) groups is 2. The Hall–Kier alpha value is -2.21. The third kappa shape index (κ3) is 3.21. The second-order valence-electron chi connectivity index (χ2n) is 4.63. The van der Waals surface area contributed by atoms with Gasteiger partial charge in [0.2, 0.25) is 0 Å². The minimum Gasteiger partial charge on any atom is -0.480 e. The summed E-state index contributed by atoms with van der Waals surface area (Å²) in [5.74, 6) is -1.56. The van der Waals surface area contributed by atoms with E-state index in [9.17, 15) is 14.7 Å². The fraction of sp³-hybridized carbons (Fsp3) is 0.214. The van der Waals surface area contributed by atoms with E-state index in [0.717, 1.165) is 5.56 Å². The molecule has 1 atom stereocenters. The Balaban J connectivity index is 2.17. The number of amides is 1. The molecule has 0 bridgehead atoms. The van der Waals surface area contributed by atoms with Crippen LogP contribution in [0.25, 0.3) is 0 Å². The first-order valence-electron chi connectivity index (χ1n) is 5.99. The van der Waals surface area contributed by atoms with Crippen LogP contribution in [-0.2, 0) is 11.2 Å². The number of hydrogen-bond donors (Lipinski definition) is 2. The summed E-state index contributed by atoms with van der Waals surface area (Å²) in [5.41, 5.74) is 1.23. The smallest absolute Gasteiger partial charge is 0.329 e. The maximum Gasteiger partial charge on any atom is 0.329 e. The van der Waals surface area contributed by atoms with Crippen LogP contribution >= 0.6 is 11.3 Å². The van der Waals surface area contributed by atoms with E-state index in [4.69, 9.17) is 0 Å². The average molecular weight is 290 g/mol. The zero-order valence-corrected chi connectivity index (χ0v) is 11.7. The van der Waals surface area contributed by atoms with Crippen molar-refractivity contribution in [3.8, 4) is 0 Å². The number of benzene rings is 1. The Morgan fingerprint density at radius 3 is 2.60 bits per heavy atom. The fourth-order valence-electron chi connectivity index (χ4n) is 1.82. The van der Waals surface area contributed by atoms with Crippen molar-refractivity contribution in [1.82, 2.24) is 10.3 Å². The number of thiazole rings is 1. The molecule has 0 saturated carbocycles. The molecule has 0 fully saturated rings. The molecule has 1 amide bonds. The number of carbonyl (C=O) groups excluding carboxylic acids is 1. The van der Waals surface area contributed by atoms with Gasteiger partial charge in [-0.15, -0.1) is 11.3 Å². The number of rotatable bonds is 5. The van der Waals surface area contributed by atoms with Crippen LogP contribution < -0.4 is 5.32 Å². The average Bonchev–Trinajstić information content (AvgIpc) is 2.93. The molecule has 0 saturated heterocycles. The number of carboxylic acids is 1. The first-order valence-corrected chi connectivity index (χ1v) is 6.93. The largest absolute Gasteiger partial charge is 0.480 e. The van der Waals surface area contributed by atoms with Gasteiger partial charge in [0.25, 0.3) is 5.91 Å². The number of carboxylic acid groups (broad SMARTS) is 1. The van der Waals surface area contributed by atoms with Gasteiger partial charge in [0.1, 0.15) is 11.2 Å². The van der Waals surface area contributed by atoms with Crippen molar-refractivity contribution in [2.24, 2.45) is 0 Å². The quantitative estimate of drug-likeness (QED) is 0.882. The normalized spacial score (nSPS) is 13.4. The minimum atomic E-state index is -1.37. The highest BCUT2D eigenvalue weighted by Gasteiger charge is 2.35. The van der Waals surface area contributed by atoms with Crippen LogP contribution in [-0.4, -0.2) is 27.5 Å². The molecule has 0 aliphatic carbocycles. The summed E-state index contributed by atoms with van der Waals surface area (Å²) in [4.78, 5) is 27.4. The van der Waals surface area contributed by atoms with Gasteiger partial charge < -0.3 is 10.4 Å². The Labute approximate surface area is 120 Å². The Bertz CT molecular complexity index is 598. The molecule has 0 spiro atoms. The number of aromatic nitrogens is 1. The Kier molecular flexibility index (Phi) is 4.14. The van der Waals surface area contributed by atoms with Crippen LogP contribution in [0.2, 0.25) is 0 Å². The summed E-state index contributed by atoms with van der Waals surface area (Å²) in [6.07, 6.45) is 0.207. The van der Waals surface area contributed by atoms with Gasteiger partial charge >= 0.3 is 5.97 Å². The topological polar surface area (TPSA) is 79.3 Å². The summed E-state index contributed by atoms with van der Waals surface area (Å²) in [6, 6.07) is 9.18. The highest BCUT2D eigenvalue weighted by molar-refractivity contribution is 7.07. The monoisotopic (exact) mass is 290 g/mol. The summed E-state index contributed by atoms with van der Waals surface area (Å²) >= 11 is 1.29. The predicted octanol–water partition coefficient (Wildman–Crippen LogP) is 1.96. The predicted molar refractivity (Wildman–Crippen MR) is 75.8 cm³/mol. The second-order valence-corrected chi connectivity index (χ2v) is 5.35. The van der Waals surface area contributed by atoms with Crippen LogP contribution in [0.3, 0.4) is 0 Å². The fourth-order valence-corrected chi connectivity index (χ4v) is 2.35. The molecule has 1 heterocycles. The lowest BCUT2D eigenvalue weighted by molar-refractivity contribution is -0.143. The molecule has 2 aromatic rings. The lowest BCUT2D eigenvalue weighted by Crippen LogP contribution is -2.53. The van der Waals surface area contributed by atoms with Crippen LogP contribution in [0.5, 0.6) is 0 Å². The van der Waals surface area contributed by atoms with Gasteiger partial charge in [0.15, 0.2) is 0 Å². The third-order valence-electron chi connectivity index (χ3n) is 2.93.